The van der Waals surface area contributed by atoms with Crippen LogP contribution in [-0.2, 0) is 0 Å². The van der Waals surface area contributed by atoms with Crippen molar-refractivity contribution in [3.05, 3.63) is 138 Å². The highest BCUT2D eigenvalue weighted by molar-refractivity contribution is 8.04. The van der Waals surface area contributed by atoms with Crippen LogP contribution >= 0.6 is 19.0 Å². The van der Waals surface area contributed by atoms with Crippen molar-refractivity contribution in [2.45, 2.75) is 6.92 Å². The molecule has 0 aliphatic heterocycles. The Labute approximate surface area is 229 Å². The van der Waals surface area contributed by atoms with Gasteiger partial charge in [0.2, 0.25) is 0 Å². The number of rotatable bonds is 8. The zero-order valence-corrected chi connectivity index (χ0v) is 23.1. The number of hydrogen-bond acceptors (Lipinski definition) is 6. The van der Waals surface area contributed by atoms with Crippen molar-refractivity contribution in [3.8, 4) is 0 Å². The second-order valence-corrected chi connectivity index (χ2v) is 13.1. The van der Waals surface area contributed by atoms with Gasteiger partial charge in [0.05, 0.1) is 0 Å². The summed E-state index contributed by atoms with van der Waals surface area (Å²) >= 11 is 1.72. The number of amides is 1. The van der Waals surface area contributed by atoms with Crippen molar-refractivity contribution in [2.24, 2.45) is 0 Å². The Morgan fingerprint density at radius 1 is 0.711 bits per heavy atom. The van der Waals surface area contributed by atoms with Gasteiger partial charge in [0.25, 0.3) is 5.91 Å². The zero-order valence-electron chi connectivity index (χ0n) is 20.6. The fourth-order valence-electron chi connectivity index (χ4n) is 3.95. The molecule has 4 rings (SSSR count). The molecule has 0 radical (unpaired) electrons. The standard InChI is InChI=1S/C29H26NOPS.ClHO4/c1-2-33-23-28(30-29(31)24-15-7-3-8-16-24)32(25-17-9-4-10-18-25,26-19-11-5-12-20-26)27-21-13-6-14-22-27;2-1(3,4)5/h3-23H,2H2,1H3;(H,2,3,4,5). The van der Waals surface area contributed by atoms with E-state index in [0.717, 1.165) is 11.2 Å². The van der Waals surface area contributed by atoms with Crippen molar-refractivity contribution in [1.82, 2.24) is 5.32 Å². The van der Waals surface area contributed by atoms with Crippen LogP contribution in [0.3, 0.4) is 0 Å². The summed E-state index contributed by atoms with van der Waals surface area (Å²) in [6.45, 7) is 2.13. The average Bonchev–Trinajstić information content (AvgIpc) is 2.93. The first-order chi connectivity index (χ1) is 18.3. The number of benzene rings is 4. The van der Waals surface area contributed by atoms with Crippen LogP contribution in [0.4, 0.5) is 0 Å². The smallest absolute Gasteiger partial charge is 0.258 e. The molecule has 0 fully saturated rings. The number of carbonyl (C=O) groups excluding carboxylic acids is 1. The summed E-state index contributed by atoms with van der Waals surface area (Å²) in [5.74, 6) is 0.828. The van der Waals surface area contributed by atoms with Crippen molar-refractivity contribution >= 4 is 40.8 Å². The third-order valence-electron chi connectivity index (χ3n) is 5.43. The van der Waals surface area contributed by atoms with Gasteiger partial charge in [-0.1, -0.05) is 79.7 Å². The molecule has 38 heavy (non-hydrogen) atoms. The van der Waals surface area contributed by atoms with Gasteiger partial charge in [0.15, 0.2) is 12.7 Å². The first-order valence-corrected chi connectivity index (χ1v) is 15.7. The van der Waals surface area contributed by atoms with Crippen molar-refractivity contribution < 1.29 is 33.7 Å². The van der Waals surface area contributed by atoms with E-state index in [-0.39, 0.29) is 5.91 Å². The maximum atomic E-state index is 13.4. The lowest BCUT2D eigenvalue weighted by Crippen LogP contribution is -2.68. The summed E-state index contributed by atoms with van der Waals surface area (Å²) in [5.41, 5.74) is 1.60. The molecule has 0 saturated carbocycles. The van der Waals surface area contributed by atoms with Crippen LogP contribution in [0.5, 0.6) is 0 Å². The van der Waals surface area contributed by atoms with Gasteiger partial charge in [-0.3, -0.25) is 10.1 Å². The Bertz CT molecular complexity index is 1200. The molecule has 0 aliphatic rings. The van der Waals surface area contributed by atoms with Gasteiger partial charge in [-0.2, -0.15) is 0 Å². The Kier molecular flexibility index (Phi) is 11.1. The molecule has 4 aromatic carbocycles. The molecular weight excluding hydrogens is 541 g/mol. The van der Waals surface area contributed by atoms with Crippen LogP contribution in [0.1, 0.15) is 17.3 Å². The molecule has 1 amide bonds. The Hall–Kier alpha value is -3.00. The van der Waals surface area contributed by atoms with E-state index in [0.29, 0.717) is 5.56 Å². The third-order valence-corrected chi connectivity index (χ3v) is 10.5. The highest BCUT2D eigenvalue weighted by atomic mass is 35.7. The number of hydrogen-bond donors (Lipinski definition) is 1. The first-order valence-electron chi connectivity index (χ1n) is 11.6. The van der Waals surface area contributed by atoms with Gasteiger partial charge >= 0.3 is 0 Å². The van der Waals surface area contributed by atoms with Gasteiger partial charge in [0, 0.05) is 11.0 Å². The molecule has 4 aromatic rings. The summed E-state index contributed by atoms with van der Waals surface area (Å²) in [6, 6.07) is 41.2. The lowest BCUT2D eigenvalue weighted by Gasteiger charge is -2.29. The summed E-state index contributed by atoms with van der Waals surface area (Å²) in [6.07, 6.45) is 0. The normalized spacial score (nSPS) is 11.8. The predicted molar refractivity (Wildman–Crippen MR) is 145 cm³/mol. The monoisotopic (exact) mass is 567 g/mol. The van der Waals surface area contributed by atoms with Crippen LogP contribution in [0.15, 0.2) is 132 Å². The largest absolute Gasteiger partial charge is 0.292 e. The fraction of sp³-hybridized carbons (Fsp3) is 0.0690. The fourth-order valence-corrected chi connectivity index (χ4v) is 9.05. The zero-order chi connectivity index (χ0) is 27.4. The van der Waals surface area contributed by atoms with E-state index < -0.39 is 17.5 Å². The van der Waals surface area contributed by atoms with Crippen molar-refractivity contribution in [3.63, 3.8) is 0 Å². The molecule has 0 atom stereocenters. The van der Waals surface area contributed by atoms with Gasteiger partial charge in [-0.25, -0.2) is 18.6 Å². The highest BCUT2D eigenvalue weighted by Crippen LogP contribution is 2.61. The van der Waals surface area contributed by atoms with Crippen LogP contribution in [-0.4, -0.2) is 11.7 Å². The molecule has 0 spiro atoms. The molecule has 1 N–H and O–H groups in total. The molecule has 0 unspecified atom stereocenters. The Morgan fingerprint density at radius 2 is 1.05 bits per heavy atom. The van der Waals surface area contributed by atoms with E-state index in [1.54, 1.807) is 11.8 Å². The van der Waals surface area contributed by atoms with Crippen LogP contribution in [0.25, 0.3) is 0 Å². The summed E-state index contributed by atoms with van der Waals surface area (Å²) in [7, 11) is -7.30. The molecular formula is C29H27ClNO5PS. The maximum Gasteiger partial charge on any atom is 0.258 e. The summed E-state index contributed by atoms with van der Waals surface area (Å²) < 4.78 is 34.0. The Morgan fingerprint density at radius 3 is 1.39 bits per heavy atom. The van der Waals surface area contributed by atoms with Gasteiger partial charge < -0.3 is 0 Å². The summed E-state index contributed by atoms with van der Waals surface area (Å²) in [5, 5.41) is 9.13. The van der Waals surface area contributed by atoms with E-state index in [1.165, 1.54) is 15.9 Å². The molecule has 0 saturated heterocycles. The van der Waals surface area contributed by atoms with E-state index in [1.807, 2.05) is 48.5 Å². The first kappa shape index (κ1) is 29.6. The molecule has 0 aromatic heterocycles. The van der Waals surface area contributed by atoms with E-state index in [9.17, 15) is 4.79 Å². The number of thioether (sulfide) groups is 1. The van der Waals surface area contributed by atoms with Gasteiger partial charge in [-0.05, 0) is 54.3 Å². The molecule has 196 valence electrons. The van der Waals surface area contributed by atoms with Crippen molar-refractivity contribution in [1.29, 1.82) is 0 Å². The van der Waals surface area contributed by atoms with Gasteiger partial charge in [0.1, 0.15) is 15.9 Å². The van der Waals surface area contributed by atoms with Crippen LogP contribution < -0.4 is 39.9 Å². The minimum atomic E-state index is -4.94. The SMILES string of the molecule is CCSC=C(NC(=O)c1ccccc1)[P+](c1ccccc1)(c1ccccc1)c1ccccc1.[O-][Cl+3]([O-])([O-])[O-]. The van der Waals surface area contributed by atoms with Gasteiger partial charge in [-0.15, -0.1) is 22.0 Å². The third kappa shape index (κ3) is 8.00. The minimum Gasteiger partial charge on any atom is -0.292 e. The van der Waals surface area contributed by atoms with E-state index >= 15 is 0 Å². The lowest BCUT2D eigenvalue weighted by atomic mass is 10.2. The van der Waals surface area contributed by atoms with Crippen molar-refractivity contribution in [2.75, 3.05) is 5.75 Å². The molecule has 0 aliphatic carbocycles. The summed E-state index contributed by atoms with van der Waals surface area (Å²) in [4.78, 5) is 13.4. The quantitative estimate of drug-likeness (QED) is 0.319. The highest BCUT2D eigenvalue weighted by Gasteiger charge is 2.50. The maximum absolute atomic E-state index is 13.4. The van der Waals surface area contributed by atoms with E-state index in [2.05, 4.69) is 90.4 Å². The molecule has 9 heteroatoms. The lowest BCUT2D eigenvalue weighted by molar-refractivity contribution is -2.00. The van der Waals surface area contributed by atoms with E-state index in [4.69, 9.17) is 18.6 Å². The Balaban J connectivity index is 0.000000732. The van der Waals surface area contributed by atoms with Crippen LogP contribution in [0.2, 0.25) is 0 Å². The molecule has 0 heterocycles. The average molecular weight is 568 g/mol. The number of carbonyl (C=O) groups is 1. The topological polar surface area (TPSA) is 121 Å². The molecule has 6 nitrogen and oxygen atoms in total. The second-order valence-electron chi connectivity index (χ2n) is 7.83. The molecule has 0 bridgehead atoms. The minimum absolute atomic E-state index is 0.0919. The van der Waals surface area contributed by atoms with Crippen LogP contribution in [0, 0.1) is 10.2 Å². The second kappa shape index (κ2) is 14.2. The number of halogens is 1. The predicted octanol–water partition coefficient (Wildman–Crippen LogP) is 1.21. The number of nitrogens with one attached hydrogen (secondary N) is 1.